The first-order valence-corrected chi connectivity index (χ1v) is 10.8. The van der Waals surface area contributed by atoms with Crippen LogP contribution in [0.2, 0.25) is 0 Å². The van der Waals surface area contributed by atoms with Crippen LogP contribution in [0.1, 0.15) is 21.5 Å². The summed E-state index contributed by atoms with van der Waals surface area (Å²) >= 11 is 6.96. The summed E-state index contributed by atoms with van der Waals surface area (Å²) in [6.45, 7) is 4.01. The van der Waals surface area contributed by atoms with Gasteiger partial charge in [-0.3, -0.25) is 4.79 Å². The second-order valence-electron chi connectivity index (χ2n) is 6.92. The monoisotopic (exact) mass is 508 g/mol. The molecule has 3 aromatic carbocycles. The number of para-hydroxylation sites is 1. The molecule has 0 aliphatic heterocycles. The molecule has 3 nitrogen and oxygen atoms in total. The molecular weight excluding hydrogens is 492 g/mol. The fourth-order valence-corrected chi connectivity index (χ4v) is 4.51. The van der Waals surface area contributed by atoms with E-state index in [1.165, 1.54) is 5.56 Å². The number of nitrogens with one attached hydrogen (secondary N) is 1. The van der Waals surface area contributed by atoms with Gasteiger partial charge in [-0.1, -0.05) is 64.0 Å². The van der Waals surface area contributed by atoms with Gasteiger partial charge < -0.3 is 5.32 Å². The van der Waals surface area contributed by atoms with E-state index in [-0.39, 0.29) is 5.91 Å². The highest BCUT2D eigenvalue weighted by atomic mass is 79.9. The topological polar surface area (TPSA) is 42.0 Å². The molecule has 0 fully saturated rings. The molecule has 0 aliphatic carbocycles. The van der Waals surface area contributed by atoms with E-state index in [0.717, 1.165) is 42.4 Å². The van der Waals surface area contributed by atoms with Gasteiger partial charge in [0, 0.05) is 19.9 Å². The van der Waals surface area contributed by atoms with Gasteiger partial charge in [-0.15, -0.1) is 0 Å². The largest absolute Gasteiger partial charge is 0.321 e. The fourth-order valence-electron chi connectivity index (χ4n) is 3.37. The maximum absolute atomic E-state index is 13.4. The minimum absolute atomic E-state index is 0.155. The molecule has 1 amide bonds. The van der Waals surface area contributed by atoms with Crippen molar-refractivity contribution in [1.82, 2.24) is 4.98 Å². The second kappa shape index (κ2) is 8.09. The van der Waals surface area contributed by atoms with Gasteiger partial charge in [0.15, 0.2) is 0 Å². The zero-order valence-corrected chi connectivity index (χ0v) is 19.1. The van der Waals surface area contributed by atoms with Gasteiger partial charge in [0.05, 0.1) is 22.5 Å². The third-order valence-corrected chi connectivity index (χ3v) is 6.02. The molecule has 5 heteroatoms. The minimum atomic E-state index is -0.155. The summed E-state index contributed by atoms with van der Waals surface area (Å²) in [5.74, 6) is -0.155. The van der Waals surface area contributed by atoms with Crippen molar-refractivity contribution in [3.8, 4) is 11.3 Å². The number of anilines is 1. The third-order valence-electron chi connectivity index (χ3n) is 4.87. The average Bonchev–Trinajstić information content (AvgIpc) is 2.70. The SMILES string of the molecule is Cc1ccc(-c2nc3ccccc3c(C(=O)Nc3ccc(Br)cc3Br)c2C)cc1. The summed E-state index contributed by atoms with van der Waals surface area (Å²) in [6, 6.07) is 21.6. The molecule has 0 bridgehead atoms. The van der Waals surface area contributed by atoms with E-state index < -0.39 is 0 Å². The van der Waals surface area contributed by atoms with Gasteiger partial charge >= 0.3 is 0 Å². The van der Waals surface area contributed by atoms with Gasteiger partial charge in [-0.2, -0.15) is 0 Å². The maximum Gasteiger partial charge on any atom is 0.256 e. The first kappa shape index (κ1) is 19.8. The van der Waals surface area contributed by atoms with Crippen LogP contribution in [0.4, 0.5) is 5.69 Å². The Morgan fingerprint density at radius 3 is 2.38 bits per heavy atom. The van der Waals surface area contributed by atoms with Crippen LogP contribution in [0.15, 0.2) is 75.7 Å². The van der Waals surface area contributed by atoms with E-state index in [0.29, 0.717) is 5.56 Å². The average molecular weight is 510 g/mol. The molecule has 4 aromatic rings. The van der Waals surface area contributed by atoms with Gasteiger partial charge in [0.1, 0.15) is 0 Å². The predicted molar refractivity (Wildman–Crippen MR) is 126 cm³/mol. The van der Waals surface area contributed by atoms with Crippen LogP contribution < -0.4 is 5.32 Å². The molecule has 4 rings (SSSR count). The van der Waals surface area contributed by atoms with Crippen LogP contribution in [-0.4, -0.2) is 10.9 Å². The Kier molecular flexibility index (Phi) is 5.52. The van der Waals surface area contributed by atoms with E-state index in [9.17, 15) is 4.79 Å². The molecule has 0 aliphatic rings. The van der Waals surface area contributed by atoms with E-state index in [4.69, 9.17) is 4.98 Å². The lowest BCUT2D eigenvalue weighted by Gasteiger charge is -2.15. The lowest BCUT2D eigenvalue weighted by atomic mass is 9.96. The molecule has 0 atom stereocenters. The van der Waals surface area contributed by atoms with Crippen LogP contribution in [0.3, 0.4) is 0 Å². The molecule has 0 radical (unpaired) electrons. The second-order valence-corrected chi connectivity index (χ2v) is 8.69. The summed E-state index contributed by atoms with van der Waals surface area (Å²) in [5, 5.41) is 3.88. The smallest absolute Gasteiger partial charge is 0.256 e. The van der Waals surface area contributed by atoms with Crippen LogP contribution in [0.25, 0.3) is 22.2 Å². The molecular formula is C24H18Br2N2O. The number of carbonyl (C=O) groups is 1. The Hall–Kier alpha value is -2.50. The Morgan fingerprint density at radius 1 is 0.931 bits per heavy atom. The third kappa shape index (κ3) is 3.98. The van der Waals surface area contributed by atoms with Crippen LogP contribution >= 0.6 is 31.9 Å². The zero-order valence-electron chi connectivity index (χ0n) is 16.0. The standard InChI is InChI=1S/C24H18Br2N2O/c1-14-7-9-16(10-8-14)23-15(2)22(18-5-3-4-6-20(18)27-23)24(29)28-21-12-11-17(25)13-19(21)26/h3-13H,1-2H3,(H,28,29). The van der Waals surface area contributed by atoms with Crippen LogP contribution in [-0.2, 0) is 0 Å². The maximum atomic E-state index is 13.4. The summed E-state index contributed by atoms with van der Waals surface area (Å²) in [6.07, 6.45) is 0. The molecule has 29 heavy (non-hydrogen) atoms. The number of rotatable bonds is 3. The van der Waals surface area contributed by atoms with Crippen molar-refractivity contribution >= 4 is 54.4 Å². The number of aryl methyl sites for hydroxylation is 1. The number of amides is 1. The van der Waals surface area contributed by atoms with Crippen molar-refractivity contribution in [3.05, 3.63) is 92.4 Å². The summed E-state index contributed by atoms with van der Waals surface area (Å²) < 4.78 is 1.75. The Balaban J connectivity index is 1.87. The fraction of sp³-hybridized carbons (Fsp3) is 0.0833. The van der Waals surface area contributed by atoms with E-state index in [1.807, 2.05) is 61.5 Å². The Labute approximate surface area is 186 Å². The number of aromatic nitrogens is 1. The van der Waals surface area contributed by atoms with E-state index >= 15 is 0 Å². The van der Waals surface area contributed by atoms with Gasteiger partial charge in [0.25, 0.3) is 5.91 Å². The predicted octanol–water partition coefficient (Wildman–Crippen LogP) is 7.30. The van der Waals surface area contributed by atoms with Crippen molar-refractivity contribution in [1.29, 1.82) is 0 Å². The van der Waals surface area contributed by atoms with Crippen molar-refractivity contribution in [2.24, 2.45) is 0 Å². The molecule has 1 N–H and O–H groups in total. The van der Waals surface area contributed by atoms with E-state index in [1.54, 1.807) is 0 Å². The molecule has 0 saturated heterocycles. The number of nitrogens with zero attached hydrogens (tertiary/aromatic N) is 1. The van der Waals surface area contributed by atoms with Crippen molar-refractivity contribution < 1.29 is 4.79 Å². The molecule has 1 heterocycles. The Bertz CT molecular complexity index is 1230. The quantitative estimate of drug-likeness (QED) is 0.315. The van der Waals surface area contributed by atoms with Crippen LogP contribution in [0.5, 0.6) is 0 Å². The number of fused-ring (bicyclic) bond motifs is 1. The number of hydrogen-bond acceptors (Lipinski definition) is 2. The molecule has 0 unspecified atom stereocenters. The van der Waals surface area contributed by atoms with E-state index in [2.05, 4.69) is 56.2 Å². The van der Waals surface area contributed by atoms with Crippen molar-refractivity contribution in [3.63, 3.8) is 0 Å². The minimum Gasteiger partial charge on any atom is -0.321 e. The first-order valence-electron chi connectivity index (χ1n) is 9.17. The van der Waals surface area contributed by atoms with Crippen molar-refractivity contribution in [2.45, 2.75) is 13.8 Å². The highest BCUT2D eigenvalue weighted by Gasteiger charge is 2.19. The van der Waals surface area contributed by atoms with Gasteiger partial charge in [-0.05, 0) is 59.6 Å². The number of pyridine rings is 1. The molecule has 0 spiro atoms. The lowest BCUT2D eigenvalue weighted by molar-refractivity contribution is 0.102. The Morgan fingerprint density at radius 2 is 1.66 bits per heavy atom. The summed E-state index contributed by atoms with van der Waals surface area (Å²) in [5.41, 5.74) is 6.02. The molecule has 144 valence electrons. The first-order chi connectivity index (χ1) is 13.9. The normalized spacial score (nSPS) is 10.9. The summed E-state index contributed by atoms with van der Waals surface area (Å²) in [4.78, 5) is 18.2. The number of halogens is 2. The number of benzene rings is 3. The number of carbonyl (C=O) groups excluding carboxylic acids is 1. The summed E-state index contributed by atoms with van der Waals surface area (Å²) in [7, 11) is 0. The molecule has 0 saturated carbocycles. The highest BCUT2D eigenvalue weighted by molar-refractivity contribution is 9.11. The number of hydrogen-bond donors (Lipinski definition) is 1. The highest BCUT2D eigenvalue weighted by Crippen LogP contribution is 2.32. The van der Waals surface area contributed by atoms with Crippen molar-refractivity contribution in [2.75, 3.05) is 5.32 Å². The van der Waals surface area contributed by atoms with Crippen LogP contribution in [0, 0.1) is 13.8 Å². The van der Waals surface area contributed by atoms with Gasteiger partial charge in [-0.25, -0.2) is 4.98 Å². The molecule has 1 aromatic heterocycles. The zero-order chi connectivity index (χ0) is 20.5. The lowest BCUT2D eigenvalue weighted by Crippen LogP contribution is -2.15. The van der Waals surface area contributed by atoms with Gasteiger partial charge in [0.2, 0.25) is 0 Å².